The number of nitro benzene ring substituents is 1. The third kappa shape index (κ3) is 6.27. The Morgan fingerprint density at radius 1 is 1.26 bits per heavy atom. The number of hydrogen-bond donors (Lipinski definition) is 2. The van der Waals surface area contributed by atoms with Crippen LogP contribution in [0.4, 0.5) is 11.4 Å². The van der Waals surface area contributed by atoms with Gasteiger partial charge in [-0.2, -0.15) is 0 Å². The number of carbonyl (C=O) groups is 1. The molecule has 0 bridgehead atoms. The monoisotopic (exact) mass is 453 g/mol. The summed E-state index contributed by atoms with van der Waals surface area (Å²) >= 11 is 8.43. The number of halogens is 1. The molecule has 0 spiro atoms. The van der Waals surface area contributed by atoms with E-state index in [9.17, 15) is 14.9 Å². The van der Waals surface area contributed by atoms with Gasteiger partial charge in [0.25, 0.3) is 11.6 Å². The molecule has 0 fully saturated rings. The molecule has 10 heteroatoms. The summed E-state index contributed by atoms with van der Waals surface area (Å²) in [7, 11) is 1.55. The molecule has 0 unspecified atom stereocenters. The first-order chi connectivity index (χ1) is 12.9. The van der Waals surface area contributed by atoms with Crippen molar-refractivity contribution in [2.24, 2.45) is 0 Å². The molecule has 0 saturated heterocycles. The first-order valence-corrected chi connectivity index (χ1v) is 8.89. The molecule has 0 radical (unpaired) electrons. The summed E-state index contributed by atoms with van der Waals surface area (Å²) in [6.45, 7) is 0.665. The van der Waals surface area contributed by atoms with Crippen LogP contribution >= 0.6 is 28.1 Å². The van der Waals surface area contributed by atoms with Crippen molar-refractivity contribution in [2.45, 2.75) is 0 Å². The molecule has 142 valence electrons. The van der Waals surface area contributed by atoms with E-state index in [1.807, 2.05) is 0 Å². The van der Waals surface area contributed by atoms with Crippen LogP contribution in [0.2, 0.25) is 0 Å². The van der Waals surface area contributed by atoms with Crippen LogP contribution in [0.1, 0.15) is 10.4 Å². The number of ether oxygens (including phenoxy) is 2. The molecule has 0 aliphatic heterocycles. The van der Waals surface area contributed by atoms with Crippen molar-refractivity contribution < 1.29 is 19.2 Å². The number of non-ortho nitro benzene ring substituents is 1. The van der Waals surface area contributed by atoms with E-state index in [4.69, 9.17) is 21.7 Å². The minimum Gasteiger partial charge on any atom is -0.490 e. The van der Waals surface area contributed by atoms with Crippen LogP contribution in [0.5, 0.6) is 5.75 Å². The topological polar surface area (TPSA) is 103 Å². The molecule has 2 rings (SSSR count). The van der Waals surface area contributed by atoms with Gasteiger partial charge in [-0.15, -0.1) is 0 Å². The van der Waals surface area contributed by atoms with Crippen molar-refractivity contribution in [3.63, 3.8) is 0 Å². The first kappa shape index (κ1) is 20.7. The maximum atomic E-state index is 12.5. The van der Waals surface area contributed by atoms with Crippen LogP contribution < -0.4 is 15.4 Å². The Bertz CT molecular complexity index is 862. The summed E-state index contributed by atoms with van der Waals surface area (Å²) in [4.78, 5) is 22.9. The number of rotatable bonds is 7. The number of nitrogens with zero attached hydrogens (tertiary/aromatic N) is 1. The Balaban J connectivity index is 2.07. The minimum atomic E-state index is -0.516. The summed E-state index contributed by atoms with van der Waals surface area (Å²) in [6, 6.07) is 10.8. The summed E-state index contributed by atoms with van der Waals surface area (Å²) in [5.74, 6) is -0.0995. The maximum absolute atomic E-state index is 12.5. The van der Waals surface area contributed by atoms with Crippen molar-refractivity contribution >= 4 is 50.5 Å². The highest BCUT2D eigenvalue weighted by Gasteiger charge is 2.15. The van der Waals surface area contributed by atoms with E-state index < -0.39 is 10.8 Å². The van der Waals surface area contributed by atoms with Crippen LogP contribution in [0.3, 0.4) is 0 Å². The molecule has 0 heterocycles. The second-order valence-corrected chi connectivity index (χ2v) is 6.52. The summed E-state index contributed by atoms with van der Waals surface area (Å²) in [6.07, 6.45) is 0. The zero-order valence-corrected chi connectivity index (χ0v) is 16.6. The minimum absolute atomic E-state index is 0.00307. The number of benzene rings is 2. The molecule has 0 aliphatic carbocycles. The summed E-state index contributed by atoms with van der Waals surface area (Å²) in [5, 5.41) is 16.1. The molecule has 0 aliphatic rings. The number of anilines is 1. The number of amides is 1. The fourth-order valence-corrected chi connectivity index (χ4v) is 2.64. The fourth-order valence-electron chi connectivity index (χ4n) is 2.07. The Labute approximate surface area is 169 Å². The number of hydrogen-bond acceptors (Lipinski definition) is 6. The normalized spacial score (nSPS) is 10.1. The van der Waals surface area contributed by atoms with E-state index >= 15 is 0 Å². The predicted molar refractivity (Wildman–Crippen MR) is 108 cm³/mol. The van der Waals surface area contributed by atoms with E-state index in [-0.39, 0.29) is 23.0 Å². The van der Waals surface area contributed by atoms with Crippen molar-refractivity contribution in [3.8, 4) is 5.75 Å². The number of carbonyl (C=O) groups excluding carboxylic acids is 1. The van der Waals surface area contributed by atoms with Gasteiger partial charge >= 0.3 is 0 Å². The van der Waals surface area contributed by atoms with Crippen molar-refractivity contribution in [1.29, 1.82) is 0 Å². The van der Waals surface area contributed by atoms with Crippen LogP contribution in [-0.2, 0) is 4.74 Å². The number of methoxy groups -OCH3 is 1. The molecule has 0 atom stereocenters. The van der Waals surface area contributed by atoms with Crippen LogP contribution in [0.25, 0.3) is 0 Å². The first-order valence-electron chi connectivity index (χ1n) is 7.69. The molecule has 2 aromatic rings. The van der Waals surface area contributed by atoms with E-state index in [0.717, 1.165) is 0 Å². The molecule has 0 aromatic heterocycles. The Hall–Kier alpha value is -2.56. The Morgan fingerprint density at radius 2 is 2.04 bits per heavy atom. The largest absolute Gasteiger partial charge is 0.490 e. The van der Waals surface area contributed by atoms with Gasteiger partial charge in [0.2, 0.25) is 0 Å². The maximum Gasteiger partial charge on any atom is 0.271 e. The quantitative estimate of drug-likeness (QED) is 0.286. The SMILES string of the molecule is COCCOc1ccc(Br)cc1C(=O)NC(=S)Nc1cccc([N+](=O)[O-])c1. The van der Waals surface area contributed by atoms with Gasteiger partial charge in [-0.25, -0.2) is 0 Å². The van der Waals surface area contributed by atoms with Crippen molar-refractivity contribution in [2.75, 3.05) is 25.6 Å². The van der Waals surface area contributed by atoms with Gasteiger partial charge in [0.1, 0.15) is 12.4 Å². The molecule has 2 N–H and O–H groups in total. The highest BCUT2D eigenvalue weighted by Crippen LogP contribution is 2.23. The molecule has 8 nitrogen and oxygen atoms in total. The lowest BCUT2D eigenvalue weighted by molar-refractivity contribution is -0.384. The number of nitro groups is 1. The number of nitrogens with one attached hydrogen (secondary N) is 2. The number of thiocarbonyl (C=S) groups is 1. The van der Waals surface area contributed by atoms with Gasteiger partial charge < -0.3 is 14.8 Å². The third-order valence-corrected chi connectivity index (χ3v) is 3.97. The molecule has 1 amide bonds. The summed E-state index contributed by atoms with van der Waals surface area (Å²) < 4.78 is 11.2. The van der Waals surface area contributed by atoms with E-state index in [0.29, 0.717) is 22.5 Å². The standard InChI is InChI=1S/C17H16BrN3O5S/c1-25-7-8-26-15-6-5-11(18)9-14(15)16(22)20-17(27)19-12-3-2-4-13(10-12)21(23)24/h2-6,9-10H,7-8H2,1H3,(H2,19,20,22,27). The zero-order valence-electron chi connectivity index (χ0n) is 14.2. The second-order valence-electron chi connectivity index (χ2n) is 5.20. The average Bonchev–Trinajstić information content (AvgIpc) is 2.63. The Kier molecular flexibility index (Phi) is 7.65. The van der Waals surface area contributed by atoms with Gasteiger partial charge in [-0.05, 0) is 36.5 Å². The smallest absolute Gasteiger partial charge is 0.271 e. The van der Waals surface area contributed by atoms with Crippen molar-refractivity contribution in [1.82, 2.24) is 5.32 Å². The molecular formula is C17H16BrN3O5S. The van der Waals surface area contributed by atoms with Gasteiger partial charge in [-0.1, -0.05) is 22.0 Å². The zero-order chi connectivity index (χ0) is 19.8. The lowest BCUT2D eigenvalue weighted by Crippen LogP contribution is -2.34. The molecular weight excluding hydrogens is 438 g/mol. The van der Waals surface area contributed by atoms with Crippen molar-refractivity contribution in [3.05, 3.63) is 62.6 Å². The second kappa shape index (κ2) is 9.95. The lowest BCUT2D eigenvalue weighted by Gasteiger charge is -2.13. The van der Waals surface area contributed by atoms with Crippen LogP contribution in [0, 0.1) is 10.1 Å². The van der Waals surface area contributed by atoms with Crippen LogP contribution in [0.15, 0.2) is 46.9 Å². The summed E-state index contributed by atoms with van der Waals surface area (Å²) in [5.41, 5.74) is 0.582. The average molecular weight is 454 g/mol. The highest BCUT2D eigenvalue weighted by molar-refractivity contribution is 9.10. The fraction of sp³-hybridized carbons (Fsp3) is 0.176. The molecule has 0 saturated carbocycles. The van der Waals surface area contributed by atoms with Crippen LogP contribution in [-0.4, -0.2) is 36.3 Å². The van der Waals surface area contributed by atoms with E-state index in [1.165, 1.54) is 18.2 Å². The highest BCUT2D eigenvalue weighted by atomic mass is 79.9. The van der Waals surface area contributed by atoms with Gasteiger partial charge in [-0.3, -0.25) is 20.2 Å². The lowest BCUT2D eigenvalue weighted by atomic mass is 10.2. The van der Waals surface area contributed by atoms with Gasteiger partial charge in [0.05, 0.1) is 17.1 Å². The predicted octanol–water partition coefficient (Wildman–Crippen LogP) is 3.51. The van der Waals surface area contributed by atoms with E-state index in [2.05, 4.69) is 26.6 Å². The van der Waals surface area contributed by atoms with Gasteiger partial charge in [0, 0.05) is 29.4 Å². The van der Waals surface area contributed by atoms with E-state index in [1.54, 1.807) is 31.4 Å². The molecule has 2 aromatic carbocycles. The Morgan fingerprint density at radius 3 is 2.74 bits per heavy atom. The van der Waals surface area contributed by atoms with Gasteiger partial charge in [0.15, 0.2) is 5.11 Å². The molecule has 27 heavy (non-hydrogen) atoms. The third-order valence-electron chi connectivity index (χ3n) is 3.27.